The molecule has 0 radical (unpaired) electrons. The molecule has 0 unspecified atom stereocenters. The van der Waals surface area contributed by atoms with E-state index in [9.17, 15) is 9.59 Å². The normalized spacial score (nSPS) is 9.80. The molecule has 0 aromatic heterocycles. The summed E-state index contributed by atoms with van der Waals surface area (Å²) in [5.41, 5.74) is 0. The summed E-state index contributed by atoms with van der Waals surface area (Å²) in [6.07, 6.45) is 1.29. The van der Waals surface area contributed by atoms with E-state index in [0.29, 0.717) is 19.6 Å². The van der Waals surface area contributed by atoms with Gasteiger partial charge < -0.3 is 15.0 Å². The molecule has 0 aromatic carbocycles. The van der Waals surface area contributed by atoms with Crippen LogP contribution < -0.4 is 5.32 Å². The second-order valence-electron chi connectivity index (χ2n) is 3.34. The fourth-order valence-electron chi connectivity index (χ4n) is 1.06. The number of hydrogen-bond donors (Lipinski definition) is 1. The molecule has 0 atom stereocenters. The van der Waals surface area contributed by atoms with Crippen molar-refractivity contribution in [3.05, 3.63) is 0 Å². The standard InChI is InChI=1S/C10H20N2O3/c1-4-5-10(14)12(2)8-9(13)11-6-7-15-3/h4-8H2,1-3H3,(H,11,13). The molecule has 0 spiro atoms. The van der Waals surface area contributed by atoms with Gasteiger partial charge in [0.25, 0.3) is 0 Å². The van der Waals surface area contributed by atoms with Crippen LogP contribution in [-0.4, -0.2) is 50.6 Å². The third-order valence-corrected chi connectivity index (χ3v) is 1.90. The van der Waals surface area contributed by atoms with E-state index in [1.807, 2.05) is 6.92 Å². The Morgan fingerprint density at radius 1 is 1.40 bits per heavy atom. The molecule has 1 N–H and O–H groups in total. The molecule has 0 aliphatic carbocycles. The van der Waals surface area contributed by atoms with Crippen molar-refractivity contribution in [3.63, 3.8) is 0 Å². The Labute approximate surface area is 90.8 Å². The second-order valence-corrected chi connectivity index (χ2v) is 3.34. The molecule has 15 heavy (non-hydrogen) atoms. The van der Waals surface area contributed by atoms with Gasteiger partial charge in [-0.2, -0.15) is 0 Å². The predicted octanol–water partition coefficient (Wildman–Crippen LogP) is 0.00750. The average molecular weight is 216 g/mol. The first-order chi connectivity index (χ1) is 7.11. The van der Waals surface area contributed by atoms with Crippen molar-refractivity contribution < 1.29 is 14.3 Å². The van der Waals surface area contributed by atoms with Crippen LogP contribution in [0.3, 0.4) is 0 Å². The molecule has 0 heterocycles. The number of ether oxygens (including phenoxy) is 1. The molecule has 5 heteroatoms. The first-order valence-corrected chi connectivity index (χ1v) is 5.11. The molecule has 0 bridgehead atoms. The number of carbonyl (C=O) groups is 2. The molecular formula is C10H20N2O3. The monoisotopic (exact) mass is 216 g/mol. The number of carbonyl (C=O) groups excluding carboxylic acids is 2. The van der Waals surface area contributed by atoms with Crippen LogP contribution in [0, 0.1) is 0 Å². The second kappa shape index (κ2) is 8.23. The summed E-state index contributed by atoms with van der Waals surface area (Å²) in [7, 11) is 3.21. The Balaban J connectivity index is 3.70. The van der Waals surface area contributed by atoms with Crippen molar-refractivity contribution in [1.29, 1.82) is 0 Å². The van der Waals surface area contributed by atoms with Crippen LogP contribution in [0.5, 0.6) is 0 Å². The SMILES string of the molecule is CCCC(=O)N(C)CC(=O)NCCOC. The summed E-state index contributed by atoms with van der Waals surface area (Å²) in [4.78, 5) is 24.0. The van der Waals surface area contributed by atoms with Gasteiger partial charge in [0.2, 0.25) is 11.8 Å². The topological polar surface area (TPSA) is 58.6 Å². The van der Waals surface area contributed by atoms with E-state index in [0.717, 1.165) is 6.42 Å². The Hall–Kier alpha value is -1.10. The van der Waals surface area contributed by atoms with E-state index in [-0.39, 0.29) is 18.4 Å². The van der Waals surface area contributed by atoms with Gasteiger partial charge in [0, 0.05) is 27.1 Å². The van der Waals surface area contributed by atoms with E-state index in [1.165, 1.54) is 4.90 Å². The van der Waals surface area contributed by atoms with Crippen molar-refractivity contribution in [1.82, 2.24) is 10.2 Å². The molecule has 0 rings (SSSR count). The summed E-state index contributed by atoms with van der Waals surface area (Å²) in [5, 5.41) is 2.65. The lowest BCUT2D eigenvalue weighted by Gasteiger charge is -2.16. The van der Waals surface area contributed by atoms with Crippen molar-refractivity contribution in [2.75, 3.05) is 33.9 Å². The first-order valence-electron chi connectivity index (χ1n) is 5.11. The van der Waals surface area contributed by atoms with E-state index in [1.54, 1.807) is 14.2 Å². The maximum atomic E-state index is 11.3. The van der Waals surface area contributed by atoms with Crippen LogP contribution in [0.15, 0.2) is 0 Å². The lowest BCUT2D eigenvalue weighted by atomic mass is 10.3. The lowest BCUT2D eigenvalue weighted by Crippen LogP contribution is -2.39. The number of nitrogens with zero attached hydrogens (tertiary/aromatic N) is 1. The van der Waals surface area contributed by atoms with E-state index >= 15 is 0 Å². The Morgan fingerprint density at radius 3 is 2.60 bits per heavy atom. The van der Waals surface area contributed by atoms with Gasteiger partial charge in [0.1, 0.15) is 0 Å². The molecule has 88 valence electrons. The van der Waals surface area contributed by atoms with E-state index in [4.69, 9.17) is 4.74 Å². The van der Waals surface area contributed by atoms with Gasteiger partial charge in [-0.15, -0.1) is 0 Å². The van der Waals surface area contributed by atoms with Crippen molar-refractivity contribution >= 4 is 11.8 Å². The largest absolute Gasteiger partial charge is 0.383 e. The Morgan fingerprint density at radius 2 is 2.07 bits per heavy atom. The predicted molar refractivity (Wildman–Crippen MR) is 57.4 cm³/mol. The summed E-state index contributed by atoms with van der Waals surface area (Å²) in [5.74, 6) is -0.154. The molecule has 5 nitrogen and oxygen atoms in total. The molecule has 2 amide bonds. The van der Waals surface area contributed by atoms with Crippen molar-refractivity contribution in [2.24, 2.45) is 0 Å². The summed E-state index contributed by atoms with van der Waals surface area (Å²) in [6.45, 7) is 3.01. The summed E-state index contributed by atoms with van der Waals surface area (Å²) >= 11 is 0. The zero-order chi connectivity index (χ0) is 11.7. The van der Waals surface area contributed by atoms with Gasteiger partial charge in [0.05, 0.1) is 13.2 Å². The van der Waals surface area contributed by atoms with Gasteiger partial charge in [-0.3, -0.25) is 9.59 Å². The molecule has 0 aliphatic rings. The smallest absolute Gasteiger partial charge is 0.239 e. The molecule has 0 saturated heterocycles. The minimum Gasteiger partial charge on any atom is -0.383 e. The third-order valence-electron chi connectivity index (χ3n) is 1.90. The van der Waals surface area contributed by atoms with Crippen LogP contribution in [0.4, 0.5) is 0 Å². The van der Waals surface area contributed by atoms with Crippen LogP contribution in [0.25, 0.3) is 0 Å². The number of methoxy groups -OCH3 is 1. The maximum absolute atomic E-state index is 11.3. The van der Waals surface area contributed by atoms with Crippen LogP contribution in [-0.2, 0) is 14.3 Å². The number of likely N-dealkylation sites (N-methyl/N-ethyl adjacent to an activating group) is 1. The highest BCUT2D eigenvalue weighted by Gasteiger charge is 2.10. The van der Waals surface area contributed by atoms with Gasteiger partial charge in [-0.25, -0.2) is 0 Å². The number of hydrogen-bond acceptors (Lipinski definition) is 3. The fourth-order valence-corrected chi connectivity index (χ4v) is 1.06. The van der Waals surface area contributed by atoms with Crippen LogP contribution in [0.1, 0.15) is 19.8 Å². The lowest BCUT2D eigenvalue weighted by molar-refractivity contribution is -0.134. The van der Waals surface area contributed by atoms with Crippen LogP contribution >= 0.6 is 0 Å². The highest BCUT2D eigenvalue weighted by atomic mass is 16.5. The summed E-state index contributed by atoms with van der Waals surface area (Å²) in [6, 6.07) is 0. The zero-order valence-corrected chi connectivity index (χ0v) is 9.71. The first kappa shape index (κ1) is 13.9. The quantitative estimate of drug-likeness (QED) is 0.610. The van der Waals surface area contributed by atoms with E-state index in [2.05, 4.69) is 5.32 Å². The highest BCUT2D eigenvalue weighted by molar-refractivity contribution is 5.84. The Kier molecular flexibility index (Phi) is 7.62. The molecule has 0 saturated carbocycles. The summed E-state index contributed by atoms with van der Waals surface area (Å²) < 4.78 is 4.79. The minimum absolute atomic E-state index is 0.000563. The minimum atomic E-state index is -0.154. The van der Waals surface area contributed by atoms with Crippen LogP contribution in [0.2, 0.25) is 0 Å². The van der Waals surface area contributed by atoms with Gasteiger partial charge >= 0.3 is 0 Å². The highest BCUT2D eigenvalue weighted by Crippen LogP contribution is 1.93. The zero-order valence-electron chi connectivity index (χ0n) is 9.71. The van der Waals surface area contributed by atoms with Gasteiger partial charge in [-0.1, -0.05) is 6.92 Å². The van der Waals surface area contributed by atoms with Crippen molar-refractivity contribution in [3.8, 4) is 0 Å². The average Bonchev–Trinajstić information content (AvgIpc) is 2.18. The molecule has 0 fully saturated rings. The fraction of sp³-hybridized carbons (Fsp3) is 0.800. The van der Waals surface area contributed by atoms with Gasteiger partial charge in [0.15, 0.2) is 0 Å². The Bertz CT molecular complexity index is 207. The number of nitrogens with one attached hydrogen (secondary N) is 1. The number of amides is 2. The molecule has 0 aliphatic heterocycles. The maximum Gasteiger partial charge on any atom is 0.239 e. The third kappa shape index (κ3) is 6.90. The van der Waals surface area contributed by atoms with E-state index < -0.39 is 0 Å². The molecule has 0 aromatic rings. The van der Waals surface area contributed by atoms with Gasteiger partial charge in [-0.05, 0) is 6.42 Å². The molecular weight excluding hydrogens is 196 g/mol. The van der Waals surface area contributed by atoms with Crippen molar-refractivity contribution in [2.45, 2.75) is 19.8 Å². The number of rotatable bonds is 7.